The highest BCUT2D eigenvalue weighted by Gasteiger charge is 2.13. The average Bonchev–Trinajstić information content (AvgIpc) is 2.58. The minimum absolute atomic E-state index is 0.258. The van der Waals surface area contributed by atoms with Gasteiger partial charge in [0.1, 0.15) is 6.61 Å². The van der Waals surface area contributed by atoms with Gasteiger partial charge in [0.05, 0.1) is 13.0 Å². The molecule has 5 heteroatoms. The molecule has 0 unspecified atom stereocenters. The van der Waals surface area contributed by atoms with Gasteiger partial charge in [0.15, 0.2) is 11.5 Å². The Morgan fingerprint density at radius 3 is 2.22 bits per heavy atom. The Hall–Kier alpha value is -2.53. The Morgan fingerprint density at radius 1 is 1.04 bits per heavy atom. The summed E-state index contributed by atoms with van der Waals surface area (Å²) in [5, 5.41) is 0. The molecule has 0 spiro atoms. The summed E-state index contributed by atoms with van der Waals surface area (Å²) in [4.78, 5) is 11.2. The molecule has 0 saturated heterocycles. The number of hydrogen-bond donors (Lipinski definition) is 2. The van der Waals surface area contributed by atoms with Crippen LogP contribution in [0, 0.1) is 5.92 Å². The van der Waals surface area contributed by atoms with Crippen LogP contribution in [0.3, 0.4) is 0 Å². The van der Waals surface area contributed by atoms with Gasteiger partial charge < -0.3 is 20.9 Å². The molecule has 2 aromatic rings. The van der Waals surface area contributed by atoms with Gasteiger partial charge in [-0.15, -0.1) is 0 Å². The van der Waals surface area contributed by atoms with E-state index in [-0.39, 0.29) is 18.4 Å². The molecule has 2 rings (SSSR count). The summed E-state index contributed by atoms with van der Waals surface area (Å²) in [5.41, 5.74) is 12.9. The van der Waals surface area contributed by atoms with Crippen LogP contribution >= 0.6 is 0 Å². The van der Waals surface area contributed by atoms with E-state index in [1.54, 1.807) is 7.11 Å². The van der Waals surface area contributed by atoms with Crippen LogP contribution in [0.1, 0.15) is 11.1 Å². The molecule has 1 amide bonds. The molecule has 4 N–H and O–H groups in total. The summed E-state index contributed by atoms with van der Waals surface area (Å²) in [5.74, 6) is 0.717. The zero-order valence-corrected chi connectivity index (χ0v) is 13.2. The molecule has 1 atom stereocenters. The maximum atomic E-state index is 11.2. The number of primary amides is 1. The van der Waals surface area contributed by atoms with Crippen LogP contribution in [0.5, 0.6) is 11.5 Å². The molecule has 0 aliphatic heterocycles. The lowest BCUT2D eigenvalue weighted by Gasteiger charge is -2.12. The average molecular weight is 314 g/mol. The van der Waals surface area contributed by atoms with Crippen LogP contribution in [0.15, 0.2) is 48.5 Å². The van der Waals surface area contributed by atoms with E-state index in [4.69, 9.17) is 20.9 Å². The summed E-state index contributed by atoms with van der Waals surface area (Å²) in [7, 11) is 1.61. The maximum Gasteiger partial charge on any atom is 0.222 e. The Bertz CT molecular complexity index is 641. The molecule has 0 aliphatic carbocycles. The van der Waals surface area contributed by atoms with E-state index >= 15 is 0 Å². The fourth-order valence-corrected chi connectivity index (χ4v) is 2.26. The normalized spacial score (nSPS) is 11.7. The lowest BCUT2D eigenvalue weighted by molar-refractivity contribution is -0.121. The predicted molar refractivity (Wildman–Crippen MR) is 89.2 cm³/mol. The van der Waals surface area contributed by atoms with Gasteiger partial charge in [-0.25, -0.2) is 0 Å². The van der Waals surface area contributed by atoms with Crippen molar-refractivity contribution < 1.29 is 14.3 Å². The molecule has 23 heavy (non-hydrogen) atoms. The van der Waals surface area contributed by atoms with E-state index < -0.39 is 0 Å². The van der Waals surface area contributed by atoms with Gasteiger partial charge in [0.25, 0.3) is 0 Å². The monoisotopic (exact) mass is 314 g/mol. The van der Waals surface area contributed by atoms with Crippen molar-refractivity contribution in [3.05, 3.63) is 59.7 Å². The lowest BCUT2D eigenvalue weighted by Crippen LogP contribution is -2.31. The Kier molecular flexibility index (Phi) is 6.00. The molecule has 0 saturated carbocycles. The molecule has 0 radical (unpaired) electrons. The molecular weight excluding hydrogens is 292 g/mol. The first-order valence-electron chi connectivity index (χ1n) is 7.47. The smallest absolute Gasteiger partial charge is 0.222 e. The molecular formula is C18H22N2O3. The van der Waals surface area contributed by atoms with Gasteiger partial charge in [0.2, 0.25) is 5.91 Å². The minimum Gasteiger partial charge on any atom is -0.493 e. The van der Waals surface area contributed by atoms with Crippen molar-refractivity contribution in [2.45, 2.75) is 13.0 Å². The van der Waals surface area contributed by atoms with Crippen molar-refractivity contribution in [3.8, 4) is 11.5 Å². The number of ether oxygens (including phenoxy) is 2. The molecule has 5 nitrogen and oxygen atoms in total. The number of rotatable bonds is 8. The number of hydrogen-bond acceptors (Lipinski definition) is 4. The molecule has 2 aromatic carbocycles. The van der Waals surface area contributed by atoms with Crippen molar-refractivity contribution >= 4 is 5.91 Å². The van der Waals surface area contributed by atoms with Crippen molar-refractivity contribution in [2.75, 3.05) is 13.7 Å². The second-order valence-electron chi connectivity index (χ2n) is 5.30. The number of carbonyl (C=O) groups excluding carboxylic acids is 1. The summed E-state index contributed by atoms with van der Waals surface area (Å²) in [6.07, 6.45) is 0.555. The highest BCUT2D eigenvalue weighted by molar-refractivity contribution is 5.77. The van der Waals surface area contributed by atoms with Crippen molar-refractivity contribution in [2.24, 2.45) is 17.4 Å². The Labute approximate surface area is 136 Å². The van der Waals surface area contributed by atoms with Crippen molar-refractivity contribution in [1.82, 2.24) is 0 Å². The Balaban J connectivity index is 1.96. The van der Waals surface area contributed by atoms with E-state index in [0.717, 1.165) is 11.1 Å². The minimum atomic E-state index is -0.365. The molecule has 0 aliphatic rings. The van der Waals surface area contributed by atoms with Crippen LogP contribution in [0.2, 0.25) is 0 Å². The number of nitrogens with two attached hydrogens (primary N) is 2. The SMILES string of the molecule is COc1ccccc1OCc1ccc(C[C@@H](CN)C(N)=O)cc1. The van der Waals surface area contributed by atoms with E-state index in [1.807, 2.05) is 48.5 Å². The van der Waals surface area contributed by atoms with Crippen LogP contribution in [0.25, 0.3) is 0 Å². The largest absolute Gasteiger partial charge is 0.493 e. The fraction of sp³-hybridized carbons (Fsp3) is 0.278. The van der Waals surface area contributed by atoms with Crippen LogP contribution in [-0.2, 0) is 17.8 Å². The number of carbonyl (C=O) groups is 1. The topological polar surface area (TPSA) is 87.6 Å². The van der Waals surface area contributed by atoms with Gasteiger partial charge in [-0.05, 0) is 29.7 Å². The molecule has 0 fully saturated rings. The van der Waals surface area contributed by atoms with E-state index in [2.05, 4.69) is 0 Å². The van der Waals surface area contributed by atoms with E-state index in [1.165, 1.54) is 0 Å². The predicted octanol–water partition coefficient (Wildman–Crippen LogP) is 1.88. The summed E-state index contributed by atoms with van der Waals surface area (Å²) in [6, 6.07) is 15.4. The zero-order valence-electron chi connectivity index (χ0n) is 13.2. The Morgan fingerprint density at radius 2 is 1.65 bits per heavy atom. The second-order valence-corrected chi connectivity index (χ2v) is 5.30. The van der Waals surface area contributed by atoms with E-state index in [9.17, 15) is 4.79 Å². The quantitative estimate of drug-likeness (QED) is 0.778. The van der Waals surface area contributed by atoms with Gasteiger partial charge in [0, 0.05) is 6.54 Å². The van der Waals surface area contributed by atoms with Gasteiger partial charge >= 0.3 is 0 Å². The molecule has 0 aromatic heterocycles. The van der Waals surface area contributed by atoms with Crippen molar-refractivity contribution in [3.63, 3.8) is 0 Å². The second kappa shape index (κ2) is 8.19. The summed E-state index contributed by atoms with van der Waals surface area (Å²) >= 11 is 0. The number of benzene rings is 2. The first-order chi connectivity index (χ1) is 11.1. The van der Waals surface area contributed by atoms with Crippen LogP contribution in [-0.4, -0.2) is 19.6 Å². The molecule has 122 valence electrons. The number of methoxy groups -OCH3 is 1. The standard InChI is InChI=1S/C18H22N2O3/c1-22-16-4-2-3-5-17(16)23-12-14-8-6-13(7-9-14)10-15(11-19)18(20)21/h2-9,15H,10-12,19H2,1H3,(H2,20,21)/t15-/m0/s1. The number of amides is 1. The summed E-state index contributed by atoms with van der Waals surface area (Å²) in [6.45, 7) is 0.699. The molecule has 0 bridgehead atoms. The van der Waals surface area contributed by atoms with Gasteiger partial charge in [-0.1, -0.05) is 36.4 Å². The van der Waals surface area contributed by atoms with Crippen LogP contribution < -0.4 is 20.9 Å². The maximum absolute atomic E-state index is 11.2. The number of para-hydroxylation sites is 2. The lowest BCUT2D eigenvalue weighted by atomic mass is 9.98. The zero-order chi connectivity index (χ0) is 16.7. The van der Waals surface area contributed by atoms with Crippen molar-refractivity contribution in [1.29, 1.82) is 0 Å². The fourth-order valence-electron chi connectivity index (χ4n) is 2.26. The van der Waals surface area contributed by atoms with Gasteiger partial charge in [-0.3, -0.25) is 4.79 Å². The highest BCUT2D eigenvalue weighted by atomic mass is 16.5. The molecule has 0 heterocycles. The van der Waals surface area contributed by atoms with E-state index in [0.29, 0.717) is 24.5 Å². The summed E-state index contributed by atoms with van der Waals surface area (Å²) < 4.78 is 11.0. The third kappa shape index (κ3) is 4.72. The third-order valence-electron chi connectivity index (χ3n) is 3.66. The van der Waals surface area contributed by atoms with Crippen LogP contribution in [0.4, 0.5) is 0 Å². The highest BCUT2D eigenvalue weighted by Crippen LogP contribution is 2.26. The first-order valence-corrected chi connectivity index (χ1v) is 7.47. The van der Waals surface area contributed by atoms with Gasteiger partial charge in [-0.2, -0.15) is 0 Å². The first kappa shape index (κ1) is 16.8. The third-order valence-corrected chi connectivity index (χ3v) is 3.66.